The number of rotatable bonds is 6. The van der Waals surface area contributed by atoms with Gasteiger partial charge in [-0.2, -0.15) is 0 Å². The standard InChI is InChI=1S/C23H30N2O2/c1-15(2)21-9-7-8-17(4)23(21)24-22(27)12-13-25(19(6)26)20-11-10-16(3)18(5)14-20/h7-11,14-15H,12-13H2,1-6H3,(H,24,27). The van der Waals surface area contributed by atoms with E-state index >= 15 is 0 Å². The van der Waals surface area contributed by atoms with Crippen molar-refractivity contribution in [2.75, 3.05) is 16.8 Å². The lowest BCUT2D eigenvalue weighted by Crippen LogP contribution is -2.32. The van der Waals surface area contributed by atoms with Crippen molar-refractivity contribution < 1.29 is 9.59 Å². The number of para-hydroxylation sites is 1. The van der Waals surface area contributed by atoms with E-state index in [2.05, 4.69) is 19.2 Å². The first kappa shape index (κ1) is 20.7. The Labute approximate surface area is 162 Å². The average molecular weight is 367 g/mol. The number of nitrogens with one attached hydrogen (secondary N) is 1. The molecule has 1 N–H and O–H groups in total. The molecule has 0 aliphatic rings. The number of carbonyl (C=O) groups excluding carboxylic acids is 2. The predicted molar refractivity (Wildman–Crippen MR) is 112 cm³/mol. The van der Waals surface area contributed by atoms with Gasteiger partial charge in [0.15, 0.2) is 0 Å². The van der Waals surface area contributed by atoms with Gasteiger partial charge in [-0.25, -0.2) is 0 Å². The maximum atomic E-state index is 12.6. The Morgan fingerprint density at radius 3 is 2.30 bits per heavy atom. The second kappa shape index (κ2) is 8.85. The molecule has 27 heavy (non-hydrogen) atoms. The summed E-state index contributed by atoms with van der Waals surface area (Å²) in [6.07, 6.45) is 0.248. The summed E-state index contributed by atoms with van der Waals surface area (Å²) < 4.78 is 0. The molecule has 0 aliphatic heterocycles. The number of benzene rings is 2. The Balaban J connectivity index is 2.11. The van der Waals surface area contributed by atoms with Crippen LogP contribution in [0.1, 0.15) is 55.4 Å². The number of hydrogen-bond donors (Lipinski definition) is 1. The van der Waals surface area contributed by atoms with Crippen LogP contribution in [0.15, 0.2) is 36.4 Å². The molecule has 4 heteroatoms. The van der Waals surface area contributed by atoms with Crippen molar-refractivity contribution in [3.05, 3.63) is 58.7 Å². The minimum absolute atomic E-state index is 0.0650. The van der Waals surface area contributed by atoms with E-state index in [0.29, 0.717) is 12.5 Å². The van der Waals surface area contributed by atoms with Crippen molar-refractivity contribution in [3.63, 3.8) is 0 Å². The third-order valence-electron chi connectivity index (χ3n) is 4.94. The Morgan fingerprint density at radius 1 is 1.00 bits per heavy atom. The van der Waals surface area contributed by atoms with Crippen LogP contribution < -0.4 is 10.2 Å². The normalized spacial score (nSPS) is 10.8. The molecule has 0 bridgehead atoms. The molecule has 2 rings (SSSR count). The van der Waals surface area contributed by atoms with E-state index in [9.17, 15) is 9.59 Å². The first-order valence-electron chi connectivity index (χ1n) is 9.45. The van der Waals surface area contributed by atoms with Crippen LogP contribution in [-0.2, 0) is 9.59 Å². The molecule has 0 aliphatic carbocycles. The Kier molecular flexibility index (Phi) is 6.78. The van der Waals surface area contributed by atoms with E-state index in [1.165, 1.54) is 12.5 Å². The zero-order chi connectivity index (χ0) is 20.1. The highest BCUT2D eigenvalue weighted by Gasteiger charge is 2.16. The minimum Gasteiger partial charge on any atom is -0.326 e. The van der Waals surface area contributed by atoms with Crippen LogP contribution in [0.3, 0.4) is 0 Å². The van der Waals surface area contributed by atoms with Crippen molar-refractivity contribution in [2.45, 2.75) is 53.9 Å². The smallest absolute Gasteiger partial charge is 0.226 e. The van der Waals surface area contributed by atoms with Crippen molar-refractivity contribution in [3.8, 4) is 0 Å². The molecular formula is C23H30N2O2. The van der Waals surface area contributed by atoms with E-state index in [0.717, 1.165) is 28.1 Å². The summed E-state index contributed by atoms with van der Waals surface area (Å²) in [6, 6.07) is 12.0. The van der Waals surface area contributed by atoms with Crippen molar-refractivity contribution in [2.24, 2.45) is 0 Å². The third-order valence-corrected chi connectivity index (χ3v) is 4.94. The summed E-state index contributed by atoms with van der Waals surface area (Å²) in [6.45, 7) is 12.2. The lowest BCUT2D eigenvalue weighted by Gasteiger charge is -2.22. The monoisotopic (exact) mass is 366 g/mol. The molecule has 144 valence electrons. The molecule has 0 aromatic heterocycles. The molecule has 0 radical (unpaired) electrons. The van der Waals surface area contributed by atoms with E-state index in [1.54, 1.807) is 4.90 Å². The third kappa shape index (κ3) is 5.19. The summed E-state index contributed by atoms with van der Waals surface area (Å²) in [7, 11) is 0. The molecule has 4 nitrogen and oxygen atoms in total. The number of aryl methyl sites for hydroxylation is 3. The van der Waals surface area contributed by atoms with Crippen LogP contribution in [-0.4, -0.2) is 18.4 Å². The molecule has 2 aromatic rings. The van der Waals surface area contributed by atoms with Gasteiger partial charge in [-0.3, -0.25) is 9.59 Å². The van der Waals surface area contributed by atoms with Gasteiger partial charge in [0.25, 0.3) is 0 Å². The molecule has 2 aromatic carbocycles. The molecule has 0 unspecified atom stereocenters. The first-order valence-corrected chi connectivity index (χ1v) is 9.45. The fourth-order valence-corrected chi connectivity index (χ4v) is 3.12. The van der Waals surface area contributed by atoms with Gasteiger partial charge in [0.1, 0.15) is 0 Å². The summed E-state index contributed by atoms with van der Waals surface area (Å²) >= 11 is 0. The highest BCUT2D eigenvalue weighted by Crippen LogP contribution is 2.27. The fourth-order valence-electron chi connectivity index (χ4n) is 3.12. The van der Waals surface area contributed by atoms with Gasteiger partial charge in [-0.15, -0.1) is 0 Å². The van der Waals surface area contributed by atoms with Gasteiger partial charge >= 0.3 is 0 Å². The number of anilines is 2. The largest absolute Gasteiger partial charge is 0.326 e. The van der Waals surface area contributed by atoms with Crippen molar-refractivity contribution in [1.29, 1.82) is 0 Å². The van der Waals surface area contributed by atoms with Gasteiger partial charge in [-0.1, -0.05) is 38.1 Å². The highest BCUT2D eigenvalue weighted by atomic mass is 16.2. The van der Waals surface area contributed by atoms with Crippen LogP contribution >= 0.6 is 0 Å². The van der Waals surface area contributed by atoms with Gasteiger partial charge in [0.2, 0.25) is 11.8 Å². The topological polar surface area (TPSA) is 49.4 Å². The molecule has 0 spiro atoms. The van der Waals surface area contributed by atoms with Crippen LogP contribution in [0.4, 0.5) is 11.4 Å². The molecule has 0 saturated heterocycles. The predicted octanol–water partition coefficient (Wildman–Crippen LogP) is 5.12. The molecule has 0 saturated carbocycles. The van der Waals surface area contributed by atoms with E-state index in [-0.39, 0.29) is 18.2 Å². The zero-order valence-electron chi connectivity index (χ0n) is 17.2. The first-order chi connectivity index (χ1) is 12.7. The molecule has 0 heterocycles. The van der Waals surface area contributed by atoms with Crippen LogP contribution in [0.25, 0.3) is 0 Å². The Morgan fingerprint density at radius 2 is 1.70 bits per heavy atom. The van der Waals surface area contributed by atoms with Gasteiger partial charge in [0.05, 0.1) is 0 Å². The maximum absolute atomic E-state index is 12.6. The van der Waals surface area contributed by atoms with Crippen molar-refractivity contribution >= 4 is 23.2 Å². The van der Waals surface area contributed by atoms with E-state index < -0.39 is 0 Å². The SMILES string of the molecule is CC(=O)N(CCC(=O)Nc1c(C)cccc1C(C)C)c1ccc(C)c(C)c1. The summed E-state index contributed by atoms with van der Waals surface area (Å²) in [5, 5.41) is 3.05. The quantitative estimate of drug-likeness (QED) is 0.771. The Bertz CT molecular complexity index is 840. The van der Waals surface area contributed by atoms with Gasteiger partial charge in [0, 0.05) is 31.3 Å². The maximum Gasteiger partial charge on any atom is 0.226 e. The lowest BCUT2D eigenvalue weighted by atomic mass is 9.98. The molecular weight excluding hydrogens is 336 g/mol. The lowest BCUT2D eigenvalue weighted by molar-refractivity contribution is -0.117. The fraction of sp³-hybridized carbons (Fsp3) is 0.391. The van der Waals surface area contributed by atoms with Gasteiger partial charge in [-0.05, 0) is 61.1 Å². The number of carbonyl (C=O) groups is 2. The van der Waals surface area contributed by atoms with Gasteiger partial charge < -0.3 is 10.2 Å². The molecule has 0 atom stereocenters. The summed E-state index contributed by atoms with van der Waals surface area (Å²) in [5.41, 5.74) is 6.20. The summed E-state index contributed by atoms with van der Waals surface area (Å²) in [4.78, 5) is 26.3. The zero-order valence-corrected chi connectivity index (χ0v) is 17.2. The number of amides is 2. The van der Waals surface area contributed by atoms with Crippen LogP contribution in [0, 0.1) is 20.8 Å². The summed E-state index contributed by atoms with van der Waals surface area (Å²) in [5.74, 6) is 0.176. The van der Waals surface area contributed by atoms with Crippen LogP contribution in [0.2, 0.25) is 0 Å². The minimum atomic E-state index is -0.0821. The second-order valence-corrected chi connectivity index (χ2v) is 7.43. The van der Waals surface area contributed by atoms with E-state index in [4.69, 9.17) is 0 Å². The number of hydrogen-bond acceptors (Lipinski definition) is 2. The highest BCUT2D eigenvalue weighted by molar-refractivity contribution is 5.95. The van der Waals surface area contributed by atoms with E-state index in [1.807, 2.05) is 57.2 Å². The average Bonchev–Trinajstić information content (AvgIpc) is 2.59. The van der Waals surface area contributed by atoms with Crippen LogP contribution in [0.5, 0.6) is 0 Å². The molecule has 2 amide bonds. The Hall–Kier alpha value is -2.62. The molecule has 0 fully saturated rings. The van der Waals surface area contributed by atoms with Crippen molar-refractivity contribution in [1.82, 2.24) is 0 Å². The second-order valence-electron chi connectivity index (χ2n) is 7.43. The number of nitrogens with zero attached hydrogens (tertiary/aromatic N) is 1.